The van der Waals surface area contributed by atoms with E-state index in [1.165, 1.54) is 6.26 Å². The Kier molecular flexibility index (Phi) is 4.11. The molecule has 0 saturated heterocycles. The quantitative estimate of drug-likeness (QED) is 0.405. The van der Waals surface area contributed by atoms with Gasteiger partial charge in [-0.3, -0.25) is 4.79 Å². The van der Waals surface area contributed by atoms with E-state index >= 15 is 0 Å². The van der Waals surface area contributed by atoms with E-state index in [2.05, 4.69) is 4.98 Å². The number of alkyl halides is 3. The van der Waals surface area contributed by atoms with Crippen molar-refractivity contribution in [1.29, 1.82) is 0 Å². The molecule has 0 spiro atoms. The SMILES string of the molecule is Nc1c(C(=O)C(F)(F)F)sc2nc3c(c(-c4ccco4)c12)CC/C3=C\c1ccco1. The highest BCUT2D eigenvalue weighted by Crippen LogP contribution is 2.47. The summed E-state index contributed by atoms with van der Waals surface area (Å²) in [5, 5.41) is 0.320. The minimum atomic E-state index is -5.02. The zero-order valence-electron chi connectivity index (χ0n) is 15.2. The van der Waals surface area contributed by atoms with E-state index in [1.54, 1.807) is 30.5 Å². The minimum absolute atomic E-state index is 0.220. The number of carbonyl (C=O) groups is 1. The standard InChI is InChI=1S/C21H13F3N2O3S/c22-21(23,24)19(27)18-16(25)15-14(13-4-2-8-29-13)12-6-5-10(9-11-3-1-7-28-11)17(12)26-20(15)30-18/h1-4,7-9H,5-6,25H2/b10-9+. The Bertz CT molecular complexity index is 1300. The molecule has 4 aromatic rings. The van der Waals surface area contributed by atoms with Crippen LogP contribution in [0.2, 0.25) is 0 Å². The fraction of sp³-hybridized carbons (Fsp3) is 0.143. The van der Waals surface area contributed by atoms with E-state index in [-0.39, 0.29) is 10.5 Å². The molecule has 9 heteroatoms. The predicted molar refractivity (Wildman–Crippen MR) is 107 cm³/mol. The van der Waals surface area contributed by atoms with Crippen molar-refractivity contribution in [2.45, 2.75) is 19.0 Å². The number of carbonyl (C=O) groups excluding carboxylic acids is 1. The predicted octanol–water partition coefficient (Wildman–Crippen LogP) is 5.96. The molecule has 1 aliphatic rings. The molecule has 4 aromatic heterocycles. The van der Waals surface area contributed by atoms with Crippen LogP contribution in [0.1, 0.15) is 33.1 Å². The summed E-state index contributed by atoms with van der Waals surface area (Å²) in [6, 6.07) is 6.97. The molecule has 0 radical (unpaired) electrons. The number of nitrogens with zero attached hydrogens (tertiary/aromatic N) is 1. The summed E-state index contributed by atoms with van der Waals surface area (Å²) < 4.78 is 50.2. The number of halogens is 3. The van der Waals surface area contributed by atoms with Crippen LogP contribution in [-0.4, -0.2) is 16.9 Å². The molecule has 0 unspecified atom stereocenters. The monoisotopic (exact) mass is 430 g/mol. The number of rotatable bonds is 3. The largest absolute Gasteiger partial charge is 0.465 e. The number of furan rings is 2. The summed E-state index contributed by atoms with van der Waals surface area (Å²) in [6.45, 7) is 0. The van der Waals surface area contributed by atoms with Crippen molar-refractivity contribution in [3.63, 3.8) is 0 Å². The van der Waals surface area contributed by atoms with E-state index in [0.29, 0.717) is 52.3 Å². The number of allylic oxidation sites excluding steroid dienone is 1. The lowest BCUT2D eigenvalue weighted by Crippen LogP contribution is -2.22. The third-order valence-electron chi connectivity index (χ3n) is 5.02. The van der Waals surface area contributed by atoms with Gasteiger partial charge < -0.3 is 14.6 Å². The van der Waals surface area contributed by atoms with Crippen molar-refractivity contribution in [2.24, 2.45) is 0 Å². The van der Waals surface area contributed by atoms with E-state index in [0.717, 1.165) is 11.1 Å². The topological polar surface area (TPSA) is 82.3 Å². The van der Waals surface area contributed by atoms with Crippen molar-refractivity contribution in [3.05, 3.63) is 58.7 Å². The van der Waals surface area contributed by atoms with Crippen molar-refractivity contribution < 1.29 is 26.8 Å². The Morgan fingerprint density at radius 1 is 1.17 bits per heavy atom. The zero-order valence-corrected chi connectivity index (χ0v) is 16.1. The van der Waals surface area contributed by atoms with Gasteiger partial charge in [-0.15, -0.1) is 11.3 Å². The van der Waals surface area contributed by atoms with Gasteiger partial charge in [0, 0.05) is 10.9 Å². The summed E-state index contributed by atoms with van der Waals surface area (Å²) in [7, 11) is 0. The number of hydrogen-bond acceptors (Lipinski definition) is 6. The van der Waals surface area contributed by atoms with Crippen LogP contribution in [0.15, 0.2) is 45.6 Å². The number of pyridine rings is 1. The lowest BCUT2D eigenvalue weighted by molar-refractivity contribution is -0.0881. The molecule has 0 atom stereocenters. The molecule has 152 valence electrons. The van der Waals surface area contributed by atoms with Gasteiger partial charge in [0.25, 0.3) is 5.78 Å². The lowest BCUT2D eigenvalue weighted by atomic mass is 10.00. The van der Waals surface area contributed by atoms with Crippen LogP contribution in [0.3, 0.4) is 0 Å². The molecule has 0 fully saturated rings. The molecular weight excluding hydrogens is 417 g/mol. The highest BCUT2D eigenvalue weighted by atomic mass is 32.1. The summed E-state index contributed by atoms with van der Waals surface area (Å²) in [5.74, 6) is -0.855. The Labute approximate surface area is 171 Å². The van der Waals surface area contributed by atoms with Crippen LogP contribution < -0.4 is 5.73 Å². The number of nitrogen functional groups attached to an aromatic ring is 1. The van der Waals surface area contributed by atoms with Gasteiger partial charge in [-0.25, -0.2) is 4.98 Å². The molecule has 2 N–H and O–H groups in total. The zero-order chi connectivity index (χ0) is 21.0. The number of fused-ring (bicyclic) bond motifs is 2. The summed E-state index contributed by atoms with van der Waals surface area (Å²) in [6.07, 6.45) is 1.16. The first-order valence-corrected chi connectivity index (χ1v) is 9.81. The summed E-state index contributed by atoms with van der Waals surface area (Å²) >= 11 is 0.648. The van der Waals surface area contributed by atoms with E-state index < -0.39 is 16.8 Å². The molecule has 4 heterocycles. The second kappa shape index (κ2) is 6.60. The molecule has 5 nitrogen and oxygen atoms in total. The third-order valence-corrected chi connectivity index (χ3v) is 6.12. The molecule has 0 aromatic carbocycles. The van der Waals surface area contributed by atoms with Crippen LogP contribution >= 0.6 is 11.3 Å². The van der Waals surface area contributed by atoms with Gasteiger partial charge in [-0.05, 0) is 54.3 Å². The molecule has 0 saturated carbocycles. The van der Waals surface area contributed by atoms with Crippen LogP contribution in [0.4, 0.5) is 18.9 Å². The molecule has 5 rings (SSSR count). The van der Waals surface area contributed by atoms with Crippen molar-refractivity contribution in [3.8, 4) is 11.3 Å². The second-order valence-corrected chi connectivity index (χ2v) is 7.83. The summed E-state index contributed by atoms with van der Waals surface area (Å²) in [5.41, 5.74) is 8.79. The lowest BCUT2D eigenvalue weighted by Gasteiger charge is -2.09. The van der Waals surface area contributed by atoms with Gasteiger partial charge in [0.2, 0.25) is 0 Å². The van der Waals surface area contributed by atoms with Gasteiger partial charge in [0.1, 0.15) is 21.2 Å². The smallest absolute Gasteiger partial charge is 0.455 e. The van der Waals surface area contributed by atoms with Crippen molar-refractivity contribution in [1.82, 2.24) is 4.98 Å². The number of aromatic nitrogens is 1. The van der Waals surface area contributed by atoms with Crippen LogP contribution in [0, 0.1) is 0 Å². The molecule has 0 amide bonds. The molecule has 30 heavy (non-hydrogen) atoms. The van der Waals surface area contributed by atoms with Crippen molar-refractivity contribution >= 4 is 44.7 Å². The Morgan fingerprint density at radius 2 is 1.93 bits per heavy atom. The number of nitrogens with two attached hydrogens (primary N) is 1. The maximum absolute atomic E-state index is 13.1. The maximum atomic E-state index is 13.1. The van der Waals surface area contributed by atoms with Crippen LogP contribution in [0.25, 0.3) is 33.2 Å². The summed E-state index contributed by atoms with van der Waals surface area (Å²) in [4.78, 5) is 16.2. The normalized spacial score (nSPS) is 15.2. The van der Waals surface area contributed by atoms with Gasteiger partial charge in [-0.1, -0.05) is 0 Å². The number of Topliss-reactive ketones (excluding diaryl/α,β-unsaturated/α-hetero) is 1. The Balaban J connectivity index is 1.80. The Morgan fingerprint density at radius 3 is 2.60 bits per heavy atom. The van der Waals surface area contributed by atoms with E-state index in [1.807, 2.05) is 6.08 Å². The average molecular weight is 430 g/mol. The van der Waals surface area contributed by atoms with Crippen molar-refractivity contribution in [2.75, 3.05) is 5.73 Å². The average Bonchev–Trinajstić information content (AvgIpc) is 3.48. The van der Waals surface area contributed by atoms with E-state index in [9.17, 15) is 18.0 Å². The van der Waals surface area contributed by atoms with Crippen LogP contribution in [-0.2, 0) is 6.42 Å². The number of thiophene rings is 1. The molecule has 1 aliphatic carbocycles. The minimum Gasteiger partial charge on any atom is -0.465 e. The third kappa shape index (κ3) is 2.85. The van der Waals surface area contributed by atoms with E-state index in [4.69, 9.17) is 14.6 Å². The number of anilines is 1. The Hall–Kier alpha value is -3.33. The first-order valence-electron chi connectivity index (χ1n) is 8.99. The fourth-order valence-corrected chi connectivity index (χ4v) is 4.82. The first kappa shape index (κ1) is 18.7. The highest BCUT2D eigenvalue weighted by molar-refractivity contribution is 7.21. The first-order chi connectivity index (χ1) is 14.3. The second-order valence-electron chi connectivity index (χ2n) is 6.83. The van der Waals surface area contributed by atoms with Gasteiger partial charge in [-0.2, -0.15) is 13.2 Å². The molecular formula is C21H13F3N2O3S. The van der Waals surface area contributed by atoms with Gasteiger partial charge in [0.15, 0.2) is 0 Å². The maximum Gasteiger partial charge on any atom is 0.455 e. The fourth-order valence-electron chi connectivity index (χ4n) is 3.75. The highest BCUT2D eigenvalue weighted by Gasteiger charge is 2.42. The van der Waals surface area contributed by atoms with Crippen LogP contribution in [0.5, 0.6) is 0 Å². The van der Waals surface area contributed by atoms with Gasteiger partial charge in [0.05, 0.1) is 23.9 Å². The molecule has 0 aliphatic heterocycles. The van der Waals surface area contributed by atoms with Gasteiger partial charge >= 0.3 is 6.18 Å². The number of hydrogen-bond donors (Lipinski definition) is 1. The number of ketones is 1. The molecule has 0 bridgehead atoms.